The van der Waals surface area contributed by atoms with Crippen molar-refractivity contribution in [3.63, 3.8) is 0 Å². The van der Waals surface area contributed by atoms with Crippen molar-refractivity contribution < 1.29 is 4.74 Å². The second kappa shape index (κ2) is 6.25. The molecule has 1 aromatic heterocycles. The number of hydrogen-bond donors (Lipinski definition) is 0. The number of aryl methyl sites for hydroxylation is 1. The van der Waals surface area contributed by atoms with E-state index in [1.54, 1.807) is 12.1 Å². The second-order valence-corrected chi connectivity index (χ2v) is 6.88. The van der Waals surface area contributed by atoms with Gasteiger partial charge in [-0.1, -0.05) is 56.1 Å². The Hall–Kier alpha value is -1.25. The molecule has 0 unspecified atom stereocenters. The molecule has 0 aliphatic heterocycles. The average Bonchev–Trinajstić information content (AvgIpc) is 2.40. The Morgan fingerprint density at radius 1 is 1.10 bits per heavy atom. The van der Waals surface area contributed by atoms with Crippen LogP contribution in [0, 0.1) is 6.92 Å². The van der Waals surface area contributed by atoms with Gasteiger partial charge < -0.3 is 4.74 Å². The van der Waals surface area contributed by atoms with E-state index >= 15 is 0 Å². The van der Waals surface area contributed by atoms with E-state index in [0.29, 0.717) is 22.5 Å². The lowest BCUT2D eigenvalue weighted by Gasteiger charge is -2.20. The first kappa shape index (κ1) is 16.1. The molecule has 2 aromatic rings. The highest BCUT2D eigenvalue weighted by Gasteiger charge is 2.15. The molecule has 0 atom stereocenters. The molecule has 0 aliphatic carbocycles. The first-order chi connectivity index (χ1) is 9.77. The predicted molar refractivity (Wildman–Crippen MR) is 88.5 cm³/mol. The van der Waals surface area contributed by atoms with Crippen LogP contribution in [0.25, 0.3) is 0 Å². The standard InChI is InChI=1S/C17H19Cl2NO/c1-11-9-12(17(2,3)4)5-7-15(11)21-10-14-13(18)6-8-16(19)20-14/h5-9H,10H2,1-4H3. The number of rotatable bonds is 3. The van der Waals surface area contributed by atoms with Gasteiger partial charge in [0.1, 0.15) is 17.5 Å². The molecule has 2 rings (SSSR count). The quantitative estimate of drug-likeness (QED) is 0.688. The van der Waals surface area contributed by atoms with Gasteiger partial charge in [-0.3, -0.25) is 0 Å². The van der Waals surface area contributed by atoms with Crippen LogP contribution in [-0.2, 0) is 12.0 Å². The summed E-state index contributed by atoms with van der Waals surface area (Å²) in [6.07, 6.45) is 0. The maximum Gasteiger partial charge on any atom is 0.132 e. The van der Waals surface area contributed by atoms with Gasteiger partial charge in [-0.25, -0.2) is 4.98 Å². The Labute approximate surface area is 136 Å². The zero-order valence-electron chi connectivity index (χ0n) is 12.7. The molecule has 0 spiro atoms. The average molecular weight is 324 g/mol. The van der Waals surface area contributed by atoms with E-state index in [0.717, 1.165) is 11.3 Å². The smallest absolute Gasteiger partial charge is 0.132 e. The lowest BCUT2D eigenvalue weighted by Crippen LogP contribution is -2.11. The zero-order chi connectivity index (χ0) is 15.6. The van der Waals surface area contributed by atoms with E-state index < -0.39 is 0 Å². The van der Waals surface area contributed by atoms with Gasteiger partial charge in [0.25, 0.3) is 0 Å². The van der Waals surface area contributed by atoms with Crippen LogP contribution in [0.5, 0.6) is 5.75 Å². The van der Waals surface area contributed by atoms with Gasteiger partial charge in [0.05, 0.1) is 10.7 Å². The summed E-state index contributed by atoms with van der Waals surface area (Å²) in [5, 5.41) is 0.973. The Morgan fingerprint density at radius 3 is 2.43 bits per heavy atom. The monoisotopic (exact) mass is 323 g/mol. The Kier molecular flexibility index (Phi) is 4.80. The molecule has 0 N–H and O–H groups in total. The minimum Gasteiger partial charge on any atom is -0.487 e. The van der Waals surface area contributed by atoms with Crippen molar-refractivity contribution in [1.29, 1.82) is 0 Å². The van der Waals surface area contributed by atoms with Crippen molar-refractivity contribution in [2.45, 2.75) is 39.7 Å². The molecule has 1 heterocycles. The largest absolute Gasteiger partial charge is 0.487 e. The molecule has 0 saturated carbocycles. The minimum absolute atomic E-state index is 0.126. The van der Waals surface area contributed by atoms with Crippen LogP contribution in [0.15, 0.2) is 30.3 Å². The van der Waals surface area contributed by atoms with Crippen molar-refractivity contribution in [2.75, 3.05) is 0 Å². The third-order valence-corrected chi connectivity index (χ3v) is 3.84. The van der Waals surface area contributed by atoms with Crippen molar-refractivity contribution >= 4 is 23.2 Å². The van der Waals surface area contributed by atoms with Crippen LogP contribution in [0.4, 0.5) is 0 Å². The van der Waals surface area contributed by atoms with Gasteiger partial charge in [-0.15, -0.1) is 0 Å². The van der Waals surface area contributed by atoms with Gasteiger partial charge in [0.15, 0.2) is 0 Å². The number of hydrogen-bond acceptors (Lipinski definition) is 2. The summed E-state index contributed by atoms with van der Waals surface area (Å²) < 4.78 is 5.82. The van der Waals surface area contributed by atoms with Gasteiger partial charge in [-0.05, 0) is 41.7 Å². The van der Waals surface area contributed by atoms with Gasteiger partial charge >= 0.3 is 0 Å². The molecule has 0 fully saturated rings. The zero-order valence-corrected chi connectivity index (χ0v) is 14.2. The summed E-state index contributed by atoms with van der Waals surface area (Å²) >= 11 is 12.0. The van der Waals surface area contributed by atoms with Crippen LogP contribution < -0.4 is 4.74 Å². The molecule has 1 aromatic carbocycles. The van der Waals surface area contributed by atoms with Crippen LogP contribution in [0.3, 0.4) is 0 Å². The number of halogens is 2. The molecule has 112 valence electrons. The number of pyridine rings is 1. The fourth-order valence-corrected chi connectivity index (χ4v) is 2.31. The van der Waals surface area contributed by atoms with Crippen molar-refractivity contribution in [3.8, 4) is 5.75 Å². The summed E-state index contributed by atoms with van der Waals surface area (Å²) in [6, 6.07) is 9.63. The molecule has 0 saturated heterocycles. The van der Waals surface area contributed by atoms with E-state index in [4.69, 9.17) is 27.9 Å². The molecule has 0 aliphatic rings. The SMILES string of the molecule is Cc1cc(C(C)(C)C)ccc1OCc1nc(Cl)ccc1Cl. The highest BCUT2D eigenvalue weighted by atomic mass is 35.5. The number of benzene rings is 1. The third kappa shape index (κ3) is 4.12. The molecule has 21 heavy (non-hydrogen) atoms. The molecule has 0 radical (unpaired) electrons. The predicted octanol–water partition coefficient (Wildman–Crippen LogP) is 5.57. The Bertz CT molecular complexity index is 648. The lowest BCUT2D eigenvalue weighted by molar-refractivity contribution is 0.299. The summed E-state index contributed by atoms with van der Waals surface area (Å²) in [5.74, 6) is 0.834. The topological polar surface area (TPSA) is 22.1 Å². The van der Waals surface area contributed by atoms with Crippen molar-refractivity contribution in [1.82, 2.24) is 4.98 Å². The van der Waals surface area contributed by atoms with Crippen LogP contribution in [-0.4, -0.2) is 4.98 Å². The van der Waals surface area contributed by atoms with E-state index in [1.165, 1.54) is 5.56 Å². The molecular formula is C17H19Cl2NO. The van der Waals surface area contributed by atoms with Crippen LogP contribution in [0.2, 0.25) is 10.2 Å². The number of aromatic nitrogens is 1. The van der Waals surface area contributed by atoms with E-state index in [2.05, 4.69) is 37.9 Å². The number of nitrogens with zero attached hydrogens (tertiary/aromatic N) is 1. The van der Waals surface area contributed by atoms with Gasteiger partial charge in [-0.2, -0.15) is 0 Å². The van der Waals surface area contributed by atoms with Crippen LogP contribution >= 0.6 is 23.2 Å². The third-order valence-electron chi connectivity index (χ3n) is 3.29. The fraction of sp³-hybridized carbons (Fsp3) is 0.353. The maximum atomic E-state index is 6.09. The van der Waals surface area contributed by atoms with E-state index in [-0.39, 0.29) is 5.41 Å². The molecule has 0 bridgehead atoms. The Morgan fingerprint density at radius 2 is 1.81 bits per heavy atom. The van der Waals surface area contributed by atoms with Gasteiger partial charge in [0.2, 0.25) is 0 Å². The molecule has 4 heteroatoms. The summed E-state index contributed by atoms with van der Waals surface area (Å²) in [6.45, 7) is 8.92. The highest BCUT2D eigenvalue weighted by Crippen LogP contribution is 2.28. The normalized spacial score (nSPS) is 11.5. The maximum absolute atomic E-state index is 6.09. The van der Waals surface area contributed by atoms with Crippen molar-refractivity contribution in [3.05, 3.63) is 57.3 Å². The van der Waals surface area contributed by atoms with Gasteiger partial charge in [0, 0.05) is 0 Å². The molecule has 0 amide bonds. The number of ether oxygens (including phenoxy) is 1. The fourth-order valence-electron chi connectivity index (χ4n) is 1.98. The molecule has 2 nitrogen and oxygen atoms in total. The Balaban J connectivity index is 2.15. The first-order valence-electron chi connectivity index (χ1n) is 6.82. The first-order valence-corrected chi connectivity index (χ1v) is 7.58. The summed E-state index contributed by atoms with van der Waals surface area (Å²) in [4.78, 5) is 4.18. The second-order valence-electron chi connectivity index (χ2n) is 6.08. The minimum atomic E-state index is 0.126. The lowest BCUT2D eigenvalue weighted by atomic mass is 9.86. The van der Waals surface area contributed by atoms with E-state index in [1.807, 2.05) is 13.0 Å². The summed E-state index contributed by atoms with van der Waals surface area (Å²) in [7, 11) is 0. The van der Waals surface area contributed by atoms with E-state index in [9.17, 15) is 0 Å². The van der Waals surface area contributed by atoms with Crippen molar-refractivity contribution in [2.24, 2.45) is 0 Å². The molecular weight excluding hydrogens is 305 g/mol. The van der Waals surface area contributed by atoms with Crippen LogP contribution in [0.1, 0.15) is 37.6 Å². The highest BCUT2D eigenvalue weighted by molar-refractivity contribution is 6.32. The summed E-state index contributed by atoms with van der Waals surface area (Å²) in [5.41, 5.74) is 3.15.